The summed E-state index contributed by atoms with van der Waals surface area (Å²) in [5, 5.41) is 2.88. The number of fused-ring (bicyclic) bond motifs is 1. The van der Waals surface area contributed by atoms with Crippen LogP contribution in [0.2, 0.25) is 0 Å². The summed E-state index contributed by atoms with van der Waals surface area (Å²) < 4.78 is 24.5. The van der Waals surface area contributed by atoms with Gasteiger partial charge in [0.05, 0.1) is 13.1 Å². The Morgan fingerprint density at radius 1 is 1.23 bits per heavy atom. The van der Waals surface area contributed by atoms with E-state index in [9.17, 15) is 9.18 Å². The molecule has 26 heavy (non-hydrogen) atoms. The topological polar surface area (TPSA) is 50.8 Å². The third kappa shape index (κ3) is 4.52. The highest BCUT2D eigenvalue weighted by molar-refractivity contribution is 5.78. The van der Waals surface area contributed by atoms with Crippen LogP contribution in [-0.2, 0) is 4.79 Å². The Balaban J connectivity index is 1.46. The van der Waals surface area contributed by atoms with Gasteiger partial charge in [0.15, 0.2) is 11.5 Å². The number of nitrogens with zero attached hydrogens (tertiary/aromatic N) is 1. The molecule has 0 aromatic heterocycles. The number of carbonyl (C=O) groups is 1. The zero-order chi connectivity index (χ0) is 18.5. The molecule has 5 nitrogen and oxygen atoms in total. The molecular formula is C20H23FN2O3. The highest BCUT2D eigenvalue weighted by atomic mass is 19.1. The number of ether oxygens (including phenoxy) is 2. The Hall–Kier alpha value is -2.60. The van der Waals surface area contributed by atoms with Crippen molar-refractivity contribution in [2.45, 2.75) is 19.1 Å². The van der Waals surface area contributed by atoms with Gasteiger partial charge in [-0.2, -0.15) is 0 Å². The maximum Gasteiger partial charge on any atom is 0.234 e. The summed E-state index contributed by atoms with van der Waals surface area (Å²) in [7, 11) is 1.87. The molecule has 1 aliphatic heterocycles. The Kier molecular flexibility index (Phi) is 5.73. The smallest absolute Gasteiger partial charge is 0.234 e. The second kappa shape index (κ2) is 8.19. The normalized spacial score (nSPS) is 17.0. The van der Waals surface area contributed by atoms with Gasteiger partial charge in [0, 0.05) is 6.04 Å². The first kappa shape index (κ1) is 18.2. The predicted molar refractivity (Wildman–Crippen MR) is 96.8 cm³/mol. The number of carbonyl (C=O) groups excluding carboxylic acids is 1. The molecule has 1 aliphatic rings. The van der Waals surface area contributed by atoms with Crippen LogP contribution in [-0.4, -0.2) is 43.7 Å². The average molecular weight is 358 g/mol. The largest absolute Gasteiger partial charge is 0.486 e. The van der Waals surface area contributed by atoms with Crippen molar-refractivity contribution in [1.29, 1.82) is 0 Å². The van der Waals surface area contributed by atoms with E-state index in [0.717, 1.165) is 11.3 Å². The van der Waals surface area contributed by atoms with Gasteiger partial charge in [-0.05, 0) is 43.8 Å². The maximum atomic E-state index is 13.0. The minimum Gasteiger partial charge on any atom is -0.486 e. The third-order valence-electron chi connectivity index (χ3n) is 4.50. The first-order valence-electron chi connectivity index (χ1n) is 8.64. The van der Waals surface area contributed by atoms with Crippen LogP contribution in [0.25, 0.3) is 0 Å². The summed E-state index contributed by atoms with van der Waals surface area (Å²) in [5.74, 6) is 1.06. The predicted octanol–water partition coefficient (Wildman–Crippen LogP) is 2.77. The molecule has 1 amide bonds. The van der Waals surface area contributed by atoms with Crippen LogP contribution >= 0.6 is 0 Å². The molecule has 2 atom stereocenters. The van der Waals surface area contributed by atoms with Crippen molar-refractivity contribution >= 4 is 5.91 Å². The van der Waals surface area contributed by atoms with E-state index in [4.69, 9.17) is 9.47 Å². The number of amides is 1. The van der Waals surface area contributed by atoms with Crippen molar-refractivity contribution < 1.29 is 18.7 Å². The minimum absolute atomic E-state index is 0.00231. The second-order valence-corrected chi connectivity index (χ2v) is 6.44. The lowest BCUT2D eigenvalue weighted by molar-refractivity contribution is -0.122. The van der Waals surface area contributed by atoms with Crippen LogP contribution in [0.1, 0.15) is 18.5 Å². The SMILES string of the molecule is CC(c1ccc(F)cc1)N(C)CC(=O)NCC1COc2ccccc2O1. The van der Waals surface area contributed by atoms with Crippen LogP contribution in [0.15, 0.2) is 48.5 Å². The Morgan fingerprint density at radius 3 is 2.65 bits per heavy atom. The first-order valence-corrected chi connectivity index (χ1v) is 8.64. The van der Waals surface area contributed by atoms with Crippen LogP contribution in [0.4, 0.5) is 4.39 Å². The monoisotopic (exact) mass is 358 g/mol. The summed E-state index contributed by atoms with van der Waals surface area (Å²) in [4.78, 5) is 14.1. The van der Waals surface area contributed by atoms with Gasteiger partial charge in [-0.1, -0.05) is 24.3 Å². The molecule has 0 fully saturated rings. The van der Waals surface area contributed by atoms with Crippen LogP contribution in [0, 0.1) is 5.82 Å². The Labute approximate surface area is 152 Å². The van der Waals surface area contributed by atoms with E-state index in [-0.39, 0.29) is 30.4 Å². The minimum atomic E-state index is -0.266. The number of hydrogen-bond donors (Lipinski definition) is 1. The lowest BCUT2D eigenvalue weighted by Gasteiger charge is -2.27. The fourth-order valence-corrected chi connectivity index (χ4v) is 2.81. The van der Waals surface area contributed by atoms with Gasteiger partial charge in [-0.3, -0.25) is 9.69 Å². The van der Waals surface area contributed by atoms with E-state index in [1.807, 2.05) is 43.1 Å². The summed E-state index contributed by atoms with van der Waals surface area (Å²) in [5.41, 5.74) is 0.960. The highest BCUT2D eigenvalue weighted by Crippen LogP contribution is 2.30. The number of hydrogen-bond acceptors (Lipinski definition) is 4. The van der Waals surface area contributed by atoms with Crippen LogP contribution < -0.4 is 14.8 Å². The van der Waals surface area contributed by atoms with Gasteiger partial charge >= 0.3 is 0 Å². The standard InChI is InChI=1S/C20H23FN2O3/c1-14(15-7-9-16(21)10-8-15)23(2)12-20(24)22-11-17-13-25-18-5-3-4-6-19(18)26-17/h3-10,14,17H,11-13H2,1-2H3,(H,22,24). The van der Waals surface area contributed by atoms with Crippen LogP contribution in [0.3, 0.4) is 0 Å². The molecule has 138 valence electrons. The summed E-state index contributed by atoms with van der Waals surface area (Å²) in [6, 6.07) is 13.8. The van der Waals surface area contributed by atoms with E-state index < -0.39 is 0 Å². The number of halogens is 1. The fraction of sp³-hybridized carbons (Fsp3) is 0.350. The highest BCUT2D eigenvalue weighted by Gasteiger charge is 2.22. The molecule has 2 unspecified atom stereocenters. The fourth-order valence-electron chi connectivity index (χ4n) is 2.81. The molecule has 0 spiro atoms. The van der Waals surface area contributed by atoms with E-state index >= 15 is 0 Å². The first-order chi connectivity index (χ1) is 12.5. The van der Waals surface area contributed by atoms with E-state index in [1.54, 1.807) is 12.1 Å². The second-order valence-electron chi connectivity index (χ2n) is 6.44. The zero-order valence-corrected chi connectivity index (χ0v) is 14.9. The Morgan fingerprint density at radius 2 is 1.92 bits per heavy atom. The quantitative estimate of drug-likeness (QED) is 0.863. The van der Waals surface area contributed by atoms with Crippen molar-refractivity contribution in [2.24, 2.45) is 0 Å². The molecule has 0 bridgehead atoms. The molecule has 6 heteroatoms. The summed E-state index contributed by atoms with van der Waals surface area (Å²) in [6.45, 7) is 3.00. The summed E-state index contributed by atoms with van der Waals surface area (Å²) >= 11 is 0. The number of nitrogens with one attached hydrogen (secondary N) is 1. The van der Waals surface area contributed by atoms with Gasteiger partial charge < -0.3 is 14.8 Å². The Bertz CT molecular complexity index is 751. The van der Waals surface area contributed by atoms with E-state index in [0.29, 0.717) is 18.9 Å². The lowest BCUT2D eigenvalue weighted by atomic mass is 10.1. The number of rotatable bonds is 6. The molecule has 3 rings (SSSR count). The number of likely N-dealkylation sites (N-methyl/N-ethyl adjacent to an activating group) is 1. The molecule has 0 aliphatic carbocycles. The molecule has 0 saturated heterocycles. The molecule has 2 aromatic carbocycles. The molecule has 1 N–H and O–H groups in total. The maximum absolute atomic E-state index is 13.0. The van der Waals surface area contributed by atoms with Gasteiger partial charge in [0.1, 0.15) is 18.5 Å². The number of para-hydroxylation sites is 2. The average Bonchev–Trinajstić information content (AvgIpc) is 2.66. The number of benzene rings is 2. The van der Waals surface area contributed by atoms with E-state index in [2.05, 4.69) is 5.32 Å². The van der Waals surface area contributed by atoms with Crippen molar-refractivity contribution in [3.05, 3.63) is 59.9 Å². The van der Waals surface area contributed by atoms with Gasteiger partial charge in [0.2, 0.25) is 5.91 Å². The van der Waals surface area contributed by atoms with Crippen molar-refractivity contribution in [3.8, 4) is 11.5 Å². The van der Waals surface area contributed by atoms with Gasteiger partial charge in [-0.25, -0.2) is 4.39 Å². The van der Waals surface area contributed by atoms with Crippen molar-refractivity contribution in [2.75, 3.05) is 26.7 Å². The molecule has 2 aromatic rings. The van der Waals surface area contributed by atoms with Crippen molar-refractivity contribution in [3.63, 3.8) is 0 Å². The third-order valence-corrected chi connectivity index (χ3v) is 4.50. The van der Waals surface area contributed by atoms with Gasteiger partial charge in [0.25, 0.3) is 0 Å². The lowest BCUT2D eigenvalue weighted by Crippen LogP contribution is -2.44. The molecule has 0 saturated carbocycles. The molecule has 1 heterocycles. The zero-order valence-electron chi connectivity index (χ0n) is 14.9. The van der Waals surface area contributed by atoms with Crippen LogP contribution in [0.5, 0.6) is 11.5 Å². The van der Waals surface area contributed by atoms with Crippen molar-refractivity contribution in [1.82, 2.24) is 10.2 Å². The van der Waals surface area contributed by atoms with E-state index in [1.165, 1.54) is 12.1 Å². The summed E-state index contributed by atoms with van der Waals surface area (Å²) in [6.07, 6.45) is -0.214. The molecular weight excluding hydrogens is 335 g/mol. The van der Waals surface area contributed by atoms with Gasteiger partial charge in [-0.15, -0.1) is 0 Å². The molecule has 0 radical (unpaired) electrons.